The number of nitrogens with zero attached hydrogens (tertiary/aromatic N) is 4. The second kappa shape index (κ2) is 9.23. The Hall–Kier alpha value is -3.78. The first kappa shape index (κ1) is 22.0. The molecule has 1 unspecified atom stereocenters. The Balaban J connectivity index is 1.48. The van der Waals surface area contributed by atoms with Gasteiger partial charge in [0.2, 0.25) is 0 Å². The molecular formula is C26H25N5O2S. The molecule has 4 aromatic rings. The minimum Gasteiger partial charge on any atom is -0.348 e. The van der Waals surface area contributed by atoms with Gasteiger partial charge in [-0.15, -0.1) is 0 Å². The van der Waals surface area contributed by atoms with Crippen LogP contribution in [0.3, 0.4) is 0 Å². The molecule has 0 radical (unpaired) electrons. The molecule has 1 atom stereocenters. The highest BCUT2D eigenvalue weighted by Gasteiger charge is 2.36. The number of fused-ring (bicyclic) bond motifs is 1. The predicted octanol–water partition coefficient (Wildman–Crippen LogP) is 4.64. The number of carbonyl (C=O) groups is 2. The minimum atomic E-state index is -0.215. The van der Waals surface area contributed by atoms with Gasteiger partial charge in [-0.2, -0.15) is 16.4 Å². The van der Waals surface area contributed by atoms with E-state index in [9.17, 15) is 9.59 Å². The molecule has 1 aliphatic rings. The van der Waals surface area contributed by atoms with Crippen LogP contribution in [0.15, 0.2) is 71.7 Å². The number of hydrogen-bond acceptors (Lipinski definition) is 5. The second-order valence-electron chi connectivity index (χ2n) is 8.60. The number of hydrogen-bond donors (Lipinski definition) is 1. The first-order valence-corrected chi connectivity index (χ1v) is 12.2. The molecule has 0 bridgehead atoms. The normalized spacial score (nSPS) is 14.9. The fourth-order valence-corrected chi connectivity index (χ4v) is 4.79. The highest BCUT2D eigenvalue weighted by atomic mass is 32.1. The van der Waals surface area contributed by atoms with E-state index in [-0.39, 0.29) is 23.8 Å². The van der Waals surface area contributed by atoms with E-state index in [4.69, 9.17) is 0 Å². The average molecular weight is 472 g/mol. The van der Waals surface area contributed by atoms with Crippen molar-refractivity contribution >= 4 is 28.8 Å². The number of nitrogens with one attached hydrogen (secondary N) is 1. The smallest absolute Gasteiger partial charge is 0.258 e. The van der Waals surface area contributed by atoms with E-state index in [1.807, 2.05) is 77.8 Å². The van der Waals surface area contributed by atoms with Gasteiger partial charge in [-0.05, 0) is 72.1 Å². The lowest BCUT2D eigenvalue weighted by Crippen LogP contribution is -2.30. The Morgan fingerprint density at radius 1 is 1.12 bits per heavy atom. The van der Waals surface area contributed by atoms with Gasteiger partial charge in [0.25, 0.3) is 11.8 Å². The van der Waals surface area contributed by atoms with Gasteiger partial charge in [0, 0.05) is 35.9 Å². The third kappa shape index (κ3) is 4.24. The maximum absolute atomic E-state index is 13.4. The molecule has 34 heavy (non-hydrogen) atoms. The summed E-state index contributed by atoms with van der Waals surface area (Å²) in [5, 5.41) is 11.7. The third-order valence-corrected chi connectivity index (χ3v) is 6.72. The van der Waals surface area contributed by atoms with E-state index in [1.165, 1.54) is 0 Å². The van der Waals surface area contributed by atoms with E-state index < -0.39 is 0 Å². The number of aromatic nitrogens is 3. The van der Waals surface area contributed by atoms with Crippen molar-refractivity contribution in [2.75, 3.05) is 11.4 Å². The lowest BCUT2D eigenvalue weighted by atomic mass is 9.98. The molecule has 7 nitrogen and oxygen atoms in total. The van der Waals surface area contributed by atoms with Crippen LogP contribution in [0.5, 0.6) is 0 Å². The second-order valence-corrected chi connectivity index (χ2v) is 9.38. The van der Waals surface area contributed by atoms with Crippen molar-refractivity contribution in [2.45, 2.75) is 32.4 Å². The lowest BCUT2D eigenvalue weighted by Gasteiger charge is -2.18. The summed E-state index contributed by atoms with van der Waals surface area (Å²) in [4.78, 5) is 32.6. The zero-order valence-electron chi connectivity index (χ0n) is 19.0. The summed E-state index contributed by atoms with van der Waals surface area (Å²) in [7, 11) is 0. The van der Waals surface area contributed by atoms with Gasteiger partial charge >= 0.3 is 0 Å². The van der Waals surface area contributed by atoms with E-state index in [0.29, 0.717) is 30.0 Å². The van der Waals surface area contributed by atoms with Crippen molar-refractivity contribution in [1.29, 1.82) is 0 Å². The number of anilines is 1. The van der Waals surface area contributed by atoms with Gasteiger partial charge in [-0.1, -0.05) is 18.2 Å². The summed E-state index contributed by atoms with van der Waals surface area (Å²) in [6, 6.07) is 16.9. The standard InChI is InChI=1S/C26H25N5O2S/c1-17(2)31-16-28-24(29-31)22-14-30(26(33)19-6-4-3-5-7-19)23-9-8-20(12-21(22)23)25(32)27-13-18-10-11-34-15-18/h3-12,15-17,22H,13-14H2,1-2H3,(H,27,32). The Kier molecular flexibility index (Phi) is 5.98. The van der Waals surface area contributed by atoms with Gasteiger partial charge in [-0.25, -0.2) is 4.98 Å². The molecular weight excluding hydrogens is 446 g/mol. The van der Waals surface area contributed by atoms with Gasteiger partial charge in [0.05, 0.1) is 5.92 Å². The van der Waals surface area contributed by atoms with E-state index in [1.54, 1.807) is 28.6 Å². The molecule has 172 valence electrons. The summed E-state index contributed by atoms with van der Waals surface area (Å²) in [6.07, 6.45) is 1.72. The number of amides is 2. The molecule has 0 saturated heterocycles. The molecule has 0 fully saturated rings. The fourth-order valence-electron chi connectivity index (χ4n) is 4.12. The Labute approximate surface area is 202 Å². The summed E-state index contributed by atoms with van der Waals surface area (Å²) in [5.74, 6) is 0.199. The quantitative estimate of drug-likeness (QED) is 0.444. The van der Waals surface area contributed by atoms with Gasteiger partial charge in [0.1, 0.15) is 6.33 Å². The monoisotopic (exact) mass is 471 g/mol. The fraction of sp³-hybridized carbons (Fsp3) is 0.231. The van der Waals surface area contributed by atoms with E-state index in [2.05, 4.69) is 15.4 Å². The number of benzene rings is 2. The van der Waals surface area contributed by atoms with E-state index >= 15 is 0 Å². The largest absolute Gasteiger partial charge is 0.348 e. The molecule has 0 spiro atoms. The van der Waals surface area contributed by atoms with Crippen LogP contribution in [0, 0.1) is 0 Å². The highest BCUT2D eigenvalue weighted by molar-refractivity contribution is 7.07. The van der Waals surface area contributed by atoms with Gasteiger partial charge < -0.3 is 10.2 Å². The Morgan fingerprint density at radius 2 is 1.94 bits per heavy atom. The van der Waals surface area contributed by atoms with Crippen molar-refractivity contribution in [3.8, 4) is 0 Å². The highest BCUT2D eigenvalue weighted by Crippen LogP contribution is 2.40. The van der Waals surface area contributed by atoms with Crippen LogP contribution in [0.1, 0.15) is 63.5 Å². The van der Waals surface area contributed by atoms with Crippen molar-refractivity contribution in [3.63, 3.8) is 0 Å². The molecule has 8 heteroatoms. The SMILES string of the molecule is CC(C)n1cnc(C2CN(C(=O)c3ccccc3)c3ccc(C(=O)NCc4ccsc4)cc32)n1. The van der Waals surface area contributed by atoms with Crippen LogP contribution < -0.4 is 10.2 Å². The van der Waals surface area contributed by atoms with E-state index in [0.717, 1.165) is 16.8 Å². The summed E-state index contributed by atoms with van der Waals surface area (Å²) < 4.78 is 1.81. The molecule has 2 aromatic carbocycles. The maximum Gasteiger partial charge on any atom is 0.258 e. The molecule has 1 N–H and O–H groups in total. The Morgan fingerprint density at radius 3 is 2.65 bits per heavy atom. The van der Waals surface area contributed by atoms with Crippen molar-refractivity contribution in [1.82, 2.24) is 20.1 Å². The van der Waals surface area contributed by atoms with Gasteiger partial charge in [0.15, 0.2) is 5.82 Å². The predicted molar refractivity (Wildman–Crippen MR) is 132 cm³/mol. The molecule has 2 aromatic heterocycles. The lowest BCUT2D eigenvalue weighted by molar-refractivity contribution is 0.0949. The van der Waals surface area contributed by atoms with Crippen molar-refractivity contribution in [2.24, 2.45) is 0 Å². The molecule has 3 heterocycles. The number of rotatable bonds is 6. The van der Waals surface area contributed by atoms with Crippen LogP contribution in [0.4, 0.5) is 5.69 Å². The molecule has 0 saturated carbocycles. The molecule has 2 amide bonds. The third-order valence-electron chi connectivity index (χ3n) is 5.99. The summed E-state index contributed by atoms with van der Waals surface area (Å²) in [6.45, 7) is 4.98. The van der Waals surface area contributed by atoms with Gasteiger partial charge in [-0.3, -0.25) is 14.3 Å². The average Bonchev–Trinajstić information content (AvgIpc) is 3.62. The molecule has 0 aliphatic carbocycles. The topological polar surface area (TPSA) is 80.1 Å². The molecule has 5 rings (SSSR count). The maximum atomic E-state index is 13.4. The van der Waals surface area contributed by atoms with Crippen molar-refractivity contribution in [3.05, 3.63) is 99.8 Å². The first-order valence-electron chi connectivity index (χ1n) is 11.2. The van der Waals surface area contributed by atoms with Crippen LogP contribution in [-0.2, 0) is 6.54 Å². The number of carbonyl (C=O) groups excluding carboxylic acids is 2. The van der Waals surface area contributed by atoms with Crippen molar-refractivity contribution < 1.29 is 9.59 Å². The summed E-state index contributed by atoms with van der Waals surface area (Å²) >= 11 is 1.60. The zero-order valence-corrected chi connectivity index (χ0v) is 19.8. The van der Waals surface area contributed by atoms with Crippen LogP contribution >= 0.6 is 11.3 Å². The number of thiophene rings is 1. The molecule has 1 aliphatic heterocycles. The van der Waals surface area contributed by atoms with Crippen LogP contribution in [0.2, 0.25) is 0 Å². The first-order chi connectivity index (χ1) is 16.5. The van der Waals surface area contributed by atoms with Crippen LogP contribution in [-0.4, -0.2) is 33.1 Å². The zero-order chi connectivity index (χ0) is 23.7. The minimum absolute atomic E-state index is 0.0812. The van der Waals surface area contributed by atoms with Crippen LogP contribution in [0.25, 0.3) is 0 Å². The Bertz CT molecular complexity index is 1310. The summed E-state index contributed by atoms with van der Waals surface area (Å²) in [5.41, 5.74) is 3.91.